The van der Waals surface area contributed by atoms with E-state index in [2.05, 4.69) is 10.1 Å². The van der Waals surface area contributed by atoms with Crippen LogP contribution in [0.4, 0.5) is 13.2 Å². The van der Waals surface area contributed by atoms with Crippen LogP contribution >= 0.6 is 0 Å². The zero-order chi connectivity index (χ0) is 14.5. The number of alkyl halides is 3. The van der Waals surface area contributed by atoms with Gasteiger partial charge in [-0.25, -0.2) is 4.79 Å². The van der Waals surface area contributed by atoms with E-state index in [0.717, 1.165) is 10.6 Å². The number of rotatable bonds is 1. The van der Waals surface area contributed by atoms with E-state index in [9.17, 15) is 18.0 Å². The van der Waals surface area contributed by atoms with Crippen LogP contribution < -0.4 is 5.69 Å². The Morgan fingerprint density at radius 3 is 2.75 bits per heavy atom. The topological polar surface area (TPSA) is 70.4 Å². The van der Waals surface area contributed by atoms with Crippen molar-refractivity contribution in [1.82, 2.24) is 14.6 Å². The summed E-state index contributed by atoms with van der Waals surface area (Å²) in [6.07, 6.45) is -4.57. The van der Waals surface area contributed by atoms with E-state index in [4.69, 9.17) is 5.11 Å². The summed E-state index contributed by atoms with van der Waals surface area (Å²) >= 11 is 0. The lowest BCUT2D eigenvalue weighted by Crippen LogP contribution is -2.19. The summed E-state index contributed by atoms with van der Waals surface area (Å²) in [6, 6.07) is 5.00. The Kier molecular flexibility index (Phi) is 2.58. The summed E-state index contributed by atoms with van der Waals surface area (Å²) in [5, 5.41) is 13.0. The molecule has 0 saturated heterocycles. The number of aromatic nitrogens is 3. The van der Waals surface area contributed by atoms with Gasteiger partial charge in [0.05, 0.1) is 28.9 Å². The van der Waals surface area contributed by atoms with Gasteiger partial charge in [0.2, 0.25) is 0 Å². The summed E-state index contributed by atoms with van der Waals surface area (Å²) in [4.78, 5) is 14.0. The summed E-state index contributed by atoms with van der Waals surface area (Å²) in [5.74, 6) is 0. The third-order valence-corrected chi connectivity index (χ3v) is 2.99. The second kappa shape index (κ2) is 4.07. The molecule has 0 atom stereocenters. The van der Waals surface area contributed by atoms with E-state index >= 15 is 0 Å². The highest BCUT2D eigenvalue weighted by atomic mass is 19.4. The first-order chi connectivity index (χ1) is 9.41. The number of hydrogen-bond donors (Lipinski definition) is 2. The standard InChI is InChI=1S/C12H8F3N3O2/c13-12(14,15)8-3-1-2-7-9-4-6(5-19)17-18(9)11(20)16-10(7)8/h1-4,19H,5H2,(H,16,20). The van der Waals surface area contributed by atoms with Crippen LogP contribution in [0.3, 0.4) is 0 Å². The van der Waals surface area contributed by atoms with Crippen LogP contribution in [0.25, 0.3) is 16.4 Å². The van der Waals surface area contributed by atoms with Crippen LogP contribution in [-0.4, -0.2) is 19.7 Å². The van der Waals surface area contributed by atoms with Gasteiger partial charge in [0.15, 0.2) is 0 Å². The Morgan fingerprint density at radius 1 is 1.35 bits per heavy atom. The molecule has 2 heterocycles. The van der Waals surface area contributed by atoms with Gasteiger partial charge in [-0.05, 0) is 12.1 Å². The van der Waals surface area contributed by atoms with Gasteiger partial charge in [-0.1, -0.05) is 12.1 Å². The number of aliphatic hydroxyl groups is 1. The molecule has 3 aromatic rings. The predicted molar refractivity (Wildman–Crippen MR) is 64.2 cm³/mol. The molecule has 2 N–H and O–H groups in total. The minimum absolute atomic E-state index is 0.209. The smallest absolute Gasteiger partial charge is 0.390 e. The van der Waals surface area contributed by atoms with Crippen molar-refractivity contribution < 1.29 is 18.3 Å². The monoisotopic (exact) mass is 283 g/mol. The minimum atomic E-state index is -4.57. The molecule has 3 rings (SSSR count). The first-order valence-corrected chi connectivity index (χ1v) is 5.63. The molecule has 0 fully saturated rings. The number of fused-ring (bicyclic) bond motifs is 3. The molecule has 8 heteroatoms. The molecule has 0 aliphatic heterocycles. The molecule has 0 unspecified atom stereocenters. The maximum absolute atomic E-state index is 12.9. The van der Waals surface area contributed by atoms with Gasteiger partial charge >= 0.3 is 11.9 Å². The Bertz CT molecular complexity index is 864. The number of halogens is 3. The van der Waals surface area contributed by atoms with Gasteiger partial charge in [0, 0.05) is 5.39 Å². The van der Waals surface area contributed by atoms with Crippen LogP contribution in [-0.2, 0) is 12.8 Å². The molecule has 0 radical (unpaired) electrons. The van der Waals surface area contributed by atoms with Gasteiger partial charge in [0.25, 0.3) is 0 Å². The van der Waals surface area contributed by atoms with E-state index in [1.54, 1.807) is 0 Å². The number of nitrogens with zero attached hydrogens (tertiary/aromatic N) is 2. The number of H-pyrrole nitrogens is 1. The van der Waals surface area contributed by atoms with Crippen molar-refractivity contribution in [3.05, 3.63) is 46.0 Å². The van der Waals surface area contributed by atoms with Gasteiger partial charge in [0.1, 0.15) is 0 Å². The molecule has 5 nitrogen and oxygen atoms in total. The number of nitrogens with one attached hydrogen (secondary N) is 1. The number of benzene rings is 1. The van der Waals surface area contributed by atoms with E-state index in [1.165, 1.54) is 18.2 Å². The van der Waals surface area contributed by atoms with E-state index < -0.39 is 24.0 Å². The lowest BCUT2D eigenvalue weighted by atomic mass is 10.1. The van der Waals surface area contributed by atoms with Gasteiger partial charge < -0.3 is 10.1 Å². The second-order valence-corrected chi connectivity index (χ2v) is 4.25. The van der Waals surface area contributed by atoms with Crippen molar-refractivity contribution >= 4 is 16.4 Å². The minimum Gasteiger partial charge on any atom is -0.390 e. The molecule has 0 aliphatic rings. The van der Waals surface area contributed by atoms with Gasteiger partial charge in [-0.3, -0.25) is 0 Å². The molecule has 1 aromatic carbocycles. The quantitative estimate of drug-likeness (QED) is 0.714. The molecule has 104 valence electrons. The fourth-order valence-corrected chi connectivity index (χ4v) is 2.15. The largest absolute Gasteiger partial charge is 0.418 e. The first-order valence-electron chi connectivity index (χ1n) is 5.63. The van der Waals surface area contributed by atoms with Crippen LogP contribution in [0.1, 0.15) is 11.3 Å². The maximum atomic E-state index is 12.9. The van der Waals surface area contributed by atoms with Crippen LogP contribution in [0, 0.1) is 0 Å². The van der Waals surface area contributed by atoms with E-state index in [1.807, 2.05) is 0 Å². The van der Waals surface area contributed by atoms with Crippen molar-refractivity contribution in [3.63, 3.8) is 0 Å². The molecule has 0 spiro atoms. The van der Waals surface area contributed by atoms with E-state index in [0.29, 0.717) is 0 Å². The maximum Gasteiger partial charge on any atom is 0.418 e. The number of aromatic amines is 1. The summed E-state index contributed by atoms with van der Waals surface area (Å²) in [7, 11) is 0. The SMILES string of the molecule is O=c1[nH]c2c(C(F)(F)F)cccc2c2cc(CO)nn12. The molecule has 20 heavy (non-hydrogen) atoms. The highest BCUT2D eigenvalue weighted by molar-refractivity contribution is 5.95. The highest BCUT2D eigenvalue weighted by Gasteiger charge is 2.33. The molecule has 0 aliphatic carbocycles. The Balaban J connectivity index is 2.51. The molecule has 0 bridgehead atoms. The molecule has 0 saturated carbocycles. The lowest BCUT2D eigenvalue weighted by molar-refractivity contribution is -0.136. The van der Waals surface area contributed by atoms with Crippen molar-refractivity contribution in [3.8, 4) is 0 Å². The van der Waals surface area contributed by atoms with Crippen molar-refractivity contribution in [2.45, 2.75) is 12.8 Å². The van der Waals surface area contributed by atoms with Crippen LogP contribution in [0.5, 0.6) is 0 Å². The average molecular weight is 283 g/mol. The molecular formula is C12H8F3N3O2. The van der Waals surface area contributed by atoms with Crippen LogP contribution in [0.2, 0.25) is 0 Å². The normalized spacial score (nSPS) is 12.4. The van der Waals surface area contributed by atoms with E-state index in [-0.39, 0.29) is 22.1 Å². The summed E-state index contributed by atoms with van der Waals surface area (Å²) in [6.45, 7) is -0.401. The average Bonchev–Trinajstić information content (AvgIpc) is 2.82. The van der Waals surface area contributed by atoms with Crippen LogP contribution in [0.15, 0.2) is 29.1 Å². The number of aliphatic hydroxyl groups excluding tert-OH is 1. The zero-order valence-corrected chi connectivity index (χ0v) is 9.90. The Hall–Kier alpha value is -2.35. The lowest BCUT2D eigenvalue weighted by Gasteiger charge is -2.10. The zero-order valence-electron chi connectivity index (χ0n) is 9.90. The fraction of sp³-hybridized carbons (Fsp3) is 0.167. The number of para-hydroxylation sites is 1. The third-order valence-electron chi connectivity index (χ3n) is 2.99. The fourth-order valence-electron chi connectivity index (χ4n) is 2.15. The summed E-state index contributed by atoms with van der Waals surface area (Å²) in [5.41, 5.74) is -1.56. The van der Waals surface area contributed by atoms with Crippen molar-refractivity contribution in [2.24, 2.45) is 0 Å². The number of hydrogen-bond acceptors (Lipinski definition) is 3. The molecule has 0 amide bonds. The van der Waals surface area contributed by atoms with Gasteiger partial charge in [-0.2, -0.15) is 22.8 Å². The Morgan fingerprint density at radius 2 is 2.10 bits per heavy atom. The Labute approximate surface area is 109 Å². The molecular weight excluding hydrogens is 275 g/mol. The summed E-state index contributed by atoms with van der Waals surface area (Å²) < 4.78 is 39.7. The first kappa shape index (κ1) is 12.7. The van der Waals surface area contributed by atoms with Crippen molar-refractivity contribution in [1.29, 1.82) is 0 Å². The van der Waals surface area contributed by atoms with Crippen molar-refractivity contribution in [2.75, 3.05) is 0 Å². The predicted octanol–water partition coefficient (Wildman–Crippen LogP) is 1.69. The molecule has 2 aromatic heterocycles. The van der Waals surface area contributed by atoms with Gasteiger partial charge in [-0.15, -0.1) is 0 Å². The second-order valence-electron chi connectivity index (χ2n) is 4.25. The third kappa shape index (κ3) is 1.76. The highest BCUT2D eigenvalue weighted by Crippen LogP contribution is 2.34.